The Kier molecular flexibility index (Phi) is 6.77. The van der Waals surface area contributed by atoms with Crippen LogP contribution in [-0.4, -0.2) is 37.5 Å². The number of hydrazone groups is 1. The van der Waals surface area contributed by atoms with Crippen LogP contribution < -0.4 is 0 Å². The summed E-state index contributed by atoms with van der Waals surface area (Å²) in [6, 6.07) is 21.7. The molecule has 5 rings (SSSR count). The van der Waals surface area contributed by atoms with Crippen LogP contribution in [0.4, 0.5) is 0 Å². The summed E-state index contributed by atoms with van der Waals surface area (Å²) >= 11 is 1.59. The number of aryl methyl sites for hydroxylation is 1. The van der Waals surface area contributed by atoms with Crippen LogP contribution in [0, 0.1) is 6.92 Å². The predicted molar refractivity (Wildman–Crippen MR) is 140 cm³/mol. The Hall–Kier alpha value is -4.04. The molecule has 0 radical (unpaired) electrons. The van der Waals surface area contributed by atoms with Gasteiger partial charge < -0.3 is 5.11 Å². The minimum atomic E-state index is -0.908. The van der Waals surface area contributed by atoms with Crippen LogP contribution >= 0.6 is 11.3 Å². The third-order valence-corrected chi connectivity index (χ3v) is 7.12. The first-order valence-electron chi connectivity index (χ1n) is 11.9. The lowest BCUT2D eigenvalue weighted by molar-refractivity contribution is -0.137. The Labute approximate surface area is 213 Å². The highest BCUT2D eigenvalue weighted by Crippen LogP contribution is 2.39. The second-order valence-electron chi connectivity index (χ2n) is 8.81. The van der Waals surface area contributed by atoms with E-state index in [1.54, 1.807) is 16.3 Å². The Balaban J connectivity index is 1.56. The van der Waals surface area contributed by atoms with Crippen LogP contribution in [0.1, 0.15) is 47.7 Å². The zero-order chi connectivity index (χ0) is 25.1. The highest BCUT2D eigenvalue weighted by molar-refractivity contribution is 7.12. The molecule has 4 aromatic rings. The normalized spacial score (nSPS) is 15.2. The first-order chi connectivity index (χ1) is 17.5. The first kappa shape index (κ1) is 23.7. The number of carboxylic acid groups (broad SMARTS) is 1. The number of carbonyl (C=O) groups excluding carboxylic acids is 1. The van der Waals surface area contributed by atoms with Crippen molar-refractivity contribution in [3.8, 4) is 16.9 Å². The summed E-state index contributed by atoms with van der Waals surface area (Å²) in [5.41, 5.74) is 5.60. The van der Waals surface area contributed by atoms with Crippen LogP contribution in [0.2, 0.25) is 0 Å². The average molecular weight is 499 g/mol. The predicted octanol–water partition coefficient (Wildman–Crippen LogP) is 5.84. The van der Waals surface area contributed by atoms with E-state index in [9.17, 15) is 9.59 Å². The Morgan fingerprint density at radius 1 is 1.03 bits per heavy atom. The first-order valence-corrected chi connectivity index (χ1v) is 12.7. The van der Waals surface area contributed by atoms with Gasteiger partial charge in [-0.05, 0) is 36.9 Å². The van der Waals surface area contributed by atoms with E-state index in [0.29, 0.717) is 6.42 Å². The van der Waals surface area contributed by atoms with Gasteiger partial charge in [0.2, 0.25) is 5.91 Å². The van der Waals surface area contributed by atoms with Crippen molar-refractivity contribution in [1.82, 2.24) is 14.8 Å². The van der Waals surface area contributed by atoms with Gasteiger partial charge in [-0.2, -0.15) is 10.2 Å². The molecule has 0 bridgehead atoms. The van der Waals surface area contributed by atoms with Crippen molar-refractivity contribution >= 4 is 28.9 Å². The summed E-state index contributed by atoms with van der Waals surface area (Å²) in [7, 11) is 0. The van der Waals surface area contributed by atoms with Gasteiger partial charge in [-0.1, -0.05) is 54.1 Å². The van der Waals surface area contributed by atoms with Crippen molar-refractivity contribution in [2.45, 2.75) is 38.6 Å². The largest absolute Gasteiger partial charge is 0.481 e. The van der Waals surface area contributed by atoms with Crippen LogP contribution in [0.5, 0.6) is 0 Å². The molecular formula is C28H26N4O3S. The number of rotatable bonds is 8. The van der Waals surface area contributed by atoms with Gasteiger partial charge in [0.1, 0.15) is 0 Å². The molecule has 1 aliphatic rings. The van der Waals surface area contributed by atoms with Gasteiger partial charge in [-0.15, -0.1) is 11.3 Å². The van der Waals surface area contributed by atoms with E-state index >= 15 is 0 Å². The molecule has 1 atom stereocenters. The Morgan fingerprint density at radius 2 is 1.81 bits per heavy atom. The second kappa shape index (κ2) is 10.3. The molecule has 0 fully saturated rings. The summed E-state index contributed by atoms with van der Waals surface area (Å²) < 4.78 is 1.85. The number of benzene rings is 2. The van der Waals surface area contributed by atoms with Crippen molar-refractivity contribution in [2.75, 3.05) is 0 Å². The van der Waals surface area contributed by atoms with Gasteiger partial charge in [0, 0.05) is 36.6 Å². The van der Waals surface area contributed by atoms with E-state index in [1.165, 1.54) is 0 Å². The fourth-order valence-corrected chi connectivity index (χ4v) is 5.08. The lowest BCUT2D eigenvalue weighted by Crippen LogP contribution is -2.27. The molecule has 0 saturated heterocycles. The monoisotopic (exact) mass is 498 g/mol. The highest BCUT2D eigenvalue weighted by atomic mass is 32.1. The topological polar surface area (TPSA) is 87.8 Å². The van der Waals surface area contributed by atoms with Crippen LogP contribution in [0.15, 0.2) is 83.4 Å². The van der Waals surface area contributed by atoms with E-state index in [-0.39, 0.29) is 31.2 Å². The molecule has 1 aliphatic heterocycles. The van der Waals surface area contributed by atoms with E-state index < -0.39 is 5.97 Å². The minimum Gasteiger partial charge on any atom is -0.481 e. The molecule has 7 nitrogen and oxygen atoms in total. The minimum absolute atomic E-state index is 0.0493. The maximum absolute atomic E-state index is 13.3. The fourth-order valence-electron chi connectivity index (χ4n) is 4.36. The van der Waals surface area contributed by atoms with E-state index in [2.05, 4.69) is 12.1 Å². The molecule has 0 aliphatic carbocycles. The Morgan fingerprint density at radius 3 is 2.50 bits per heavy atom. The third kappa shape index (κ3) is 4.99. The smallest absolute Gasteiger partial charge is 0.303 e. The SMILES string of the molecule is Cc1ccc(-c2nn(-c3ccccc3)cc2[C@H]2CC(c3cccs3)=NN2C(=O)CCCC(=O)O)cc1. The molecule has 2 aromatic carbocycles. The number of hydrogen-bond acceptors (Lipinski definition) is 5. The Bertz CT molecular complexity index is 1390. The van der Waals surface area contributed by atoms with Crippen LogP contribution in [0.25, 0.3) is 16.9 Å². The van der Waals surface area contributed by atoms with Crippen molar-refractivity contribution < 1.29 is 14.7 Å². The summed E-state index contributed by atoms with van der Waals surface area (Å²) in [6.07, 6.45) is 2.89. The number of aliphatic carboxylic acids is 1. The number of carbonyl (C=O) groups is 2. The second-order valence-corrected chi connectivity index (χ2v) is 9.76. The molecule has 1 amide bonds. The maximum atomic E-state index is 13.3. The zero-order valence-electron chi connectivity index (χ0n) is 19.9. The van der Waals surface area contributed by atoms with Gasteiger partial charge in [0.25, 0.3) is 0 Å². The number of thiophene rings is 1. The standard InChI is InChI=1S/C28H26N4O3S/c1-19-12-14-20(15-13-19)28-22(18-31(30-28)21-7-3-2-4-8-21)24-17-23(25-9-6-16-36-25)29-32(24)26(33)10-5-11-27(34)35/h2-4,6-9,12-16,18,24H,5,10-11,17H2,1H3,(H,34,35)/t24-/m1/s1. The summed E-state index contributed by atoms with van der Waals surface area (Å²) in [6.45, 7) is 2.04. The van der Waals surface area contributed by atoms with Crippen molar-refractivity contribution in [2.24, 2.45) is 5.10 Å². The van der Waals surface area contributed by atoms with E-state index in [1.807, 2.05) is 77.8 Å². The lowest BCUT2D eigenvalue weighted by atomic mass is 9.97. The van der Waals surface area contributed by atoms with Gasteiger partial charge in [0.15, 0.2) is 0 Å². The average Bonchev–Trinajstić information content (AvgIpc) is 3.64. The molecule has 36 heavy (non-hydrogen) atoms. The summed E-state index contributed by atoms with van der Waals surface area (Å²) in [5.74, 6) is -1.09. The van der Waals surface area contributed by atoms with Crippen molar-refractivity contribution in [1.29, 1.82) is 0 Å². The summed E-state index contributed by atoms with van der Waals surface area (Å²) in [5, 5.41) is 22.2. The molecule has 0 spiro atoms. The van der Waals surface area contributed by atoms with Gasteiger partial charge >= 0.3 is 5.97 Å². The third-order valence-electron chi connectivity index (χ3n) is 6.20. The zero-order valence-corrected chi connectivity index (χ0v) is 20.7. The number of amides is 1. The van der Waals surface area contributed by atoms with Gasteiger partial charge in [-0.3, -0.25) is 9.59 Å². The molecule has 182 valence electrons. The van der Waals surface area contributed by atoms with Gasteiger partial charge in [0.05, 0.1) is 28.0 Å². The van der Waals surface area contributed by atoms with Gasteiger partial charge in [-0.25, -0.2) is 9.69 Å². The number of aromatic nitrogens is 2. The molecule has 0 unspecified atom stereocenters. The van der Waals surface area contributed by atoms with Crippen molar-refractivity contribution in [3.63, 3.8) is 0 Å². The highest BCUT2D eigenvalue weighted by Gasteiger charge is 2.36. The lowest BCUT2D eigenvalue weighted by Gasteiger charge is -2.22. The van der Waals surface area contributed by atoms with Crippen LogP contribution in [-0.2, 0) is 9.59 Å². The molecular weight excluding hydrogens is 472 g/mol. The number of nitrogens with zero attached hydrogens (tertiary/aromatic N) is 4. The summed E-state index contributed by atoms with van der Waals surface area (Å²) in [4.78, 5) is 25.3. The molecule has 0 saturated carbocycles. The number of hydrogen-bond donors (Lipinski definition) is 1. The quantitative estimate of drug-likeness (QED) is 0.330. The number of para-hydroxylation sites is 1. The molecule has 3 heterocycles. The fraction of sp³-hybridized carbons (Fsp3) is 0.214. The molecule has 8 heteroatoms. The molecule has 2 aromatic heterocycles. The van der Waals surface area contributed by atoms with Crippen LogP contribution in [0.3, 0.4) is 0 Å². The maximum Gasteiger partial charge on any atom is 0.303 e. The van der Waals surface area contributed by atoms with E-state index in [4.69, 9.17) is 15.3 Å². The van der Waals surface area contributed by atoms with E-state index in [0.717, 1.165) is 38.7 Å². The van der Waals surface area contributed by atoms with Crippen molar-refractivity contribution in [3.05, 3.63) is 94.3 Å². The number of carboxylic acids is 1. The molecule has 1 N–H and O–H groups in total.